The summed E-state index contributed by atoms with van der Waals surface area (Å²) in [5, 5.41) is 16.9. The fourth-order valence-electron chi connectivity index (χ4n) is 1.55. The molecule has 0 aromatic carbocycles. The number of halogens is 1. The molecule has 0 unspecified atom stereocenters. The van der Waals surface area contributed by atoms with Crippen LogP contribution in [-0.4, -0.2) is 15.8 Å². The van der Waals surface area contributed by atoms with Crippen LogP contribution in [0.15, 0.2) is 18.3 Å². The number of nitrogens with one attached hydrogen (secondary N) is 1. The SMILES string of the molecule is N=c1ccc(F)cn1[C@@H]1CC[C@H]1O. The lowest BCUT2D eigenvalue weighted by atomic mass is 9.89. The summed E-state index contributed by atoms with van der Waals surface area (Å²) in [6.45, 7) is 0. The largest absolute Gasteiger partial charge is 0.391 e. The van der Waals surface area contributed by atoms with Crippen molar-refractivity contribution in [3.05, 3.63) is 29.6 Å². The summed E-state index contributed by atoms with van der Waals surface area (Å²) in [7, 11) is 0. The molecule has 0 amide bonds. The van der Waals surface area contributed by atoms with Crippen molar-refractivity contribution in [3.8, 4) is 0 Å². The van der Waals surface area contributed by atoms with Crippen molar-refractivity contribution >= 4 is 0 Å². The lowest BCUT2D eigenvalue weighted by Crippen LogP contribution is -2.39. The Morgan fingerprint density at radius 3 is 2.77 bits per heavy atom. The van der Waals surface area contributed by atoms with E-state index in [0.717, 1.165) is 12.8 Å². The zero-order chi connectivity index (χ0) is 9.42. The van der Waals surface area contributed by atoms with E-state index in [1.165, 1.54) is 22.9 Å². The highest BCUT2D eigenvalue weighted by atomic mass is 19.1. The molecule has 0 bridgehead atoms. The molecule has 0 spiro atoms. The molecule has 1 aromatic heterocycles. The summed E-state index contributed by atoms with van der Waals surface area (Å²) in [5.41, 5.74) is 0.241. The Kier molecular flexibility index (Phi) is 1.92. The third-order valence-electron chi connectivity index (χ3n) is 2.50. The Hall–Kier alpha value is -1.16. The third kappa shape index (κ3) is 1.37. The average molecular weight is 182 g/mol. The van der Waals surface area contributed by atoms with E-state index in [9.17, 15) is 9.50 Å². The summed E-state index contributed by atoms with van der Waals surface area (Å²) >= 11 is 0. The van der Waals surface area contributed by atoms with Gasteiger partial charge in [0.1, 0.15) is 11.3 Å². The molecule has 1 fully saturated rings. The number of aliphatic hydroxyl groups excluding tert-OH is 1. The third-order valence-corrected chi connectivity index (χ3v) is 2.50. The molecule has 4 heteroatoms. The van der Waals surface area contributed by atoms with Gasteiger partial charge in [-0.2, -0.15) is 0 Å². The van der Waals surface area contributed by atoms with Crippen LogP contribution in [0.2, 0.25) is 0 Å². The number of nitrogens with zero attached hydrogens (tertiary/aromatic N) is 1. The van der Waals surface area contributed by atoms with E-state index >= 15 is 0 Å². The molecular weight excluding hydrogens is 171 g/mol. The summed E-state index contributed by atoms with van der Waals surface area (Å²) in [4.78, 5) is 0. The number of aromatic nitrogens is 1. The number of rotatable bonds is 1. The van der Waals surface area contributed by atoms with Gasteiger partial charge >= 0.3 is 0 Å². The molecule has 2 N–H and O–H groups in total. The van der Waals surface area contributed by atoms with Crippen LogP contribution < -0.4 is 5.49 Å². The van der Waals surface area contributed by atoms with Gasteiger partial charge in [0, 0.05) is 6.20 Å². The van der Waals surface area contributed by atoms with Gasteiger partial charge in [-0.1, -0.05) is 0 Å². The maximum Gasteiger partial charge on any atom is 0.139 e. The van der Waals surface area contributed by atoms with Crippen molar-refractivity contribution in [1.82, 2.24) is 4.57 Å². The van der Waals surface area contributed by atoms with Gasteiger partial charge in [-0.05, 0) is 25.0 Å². The Bertz CT molecular complexity index is 374. The quantitative estimate of drug-likeness (QED) is 0.663. The Balaban J connectivity index is 2.39. The van der Waals surface area contributed by atoms with Crippen LogP contribution in [-0.2, 0) is 0 Å². The van der Waals surface area contributed by atoms with E-state index < -0.39 is 6.10 Å². The smallest absolute Gasteiger partial charge is 0.139 e. The molecule has 70 valence electrons. The second-order valence-electron chi connectivity index (χ2n) is 3.35. The fraction of sp³-hybridized carbons (Fsp3) is 0.444. The molecule has 0 aliphatic heterocycles. The van der Waals surface area contributed by atoms with Crippen LogP contribution in [0.25, 0.3) is 0 Å². The van der Waals surface area contributed by atoms with Gasteiger partial charge in [0.25, 0.3) is 0 Å². The molecule has 2 rings (SSSR count). The summed E-state index contributed by atoms with van der Waals surface area (Å²) < 4.78 is 14.3. The normalized spacial score (nSPS) is 26.9. The average Bonchev–Trinajstić information content (AvgIpc) is 2.09. The molecule has 0 radical (unpaired) electrons. The maximum absolute atomic E-state index is 12.8. The number of hydrogen-bond acceptors (Lipinski definition) is 2. The van der Waals surface area contributed by atoms with Crippen molar-refractivity contribution in [2.45, 2.75) is 25.0 Å². The maximum atomic E-state index is 12.8. The monoisotopic (exact) mass is 182 g/mol. The van der Waals surface area contributed by atoms with Crippen molar-refractivity contribution in [2.75, 3.05) is 0 Å². The highest BCUT2D eigenvalue weighted by Crippen LogP contribution is 2.30. The molecule has 1 aliphatic rings. The fourth-order valence-corrected chi connectivity index (χ4v) is 1.55. The molecular formula is C9H11FN2O. The summed E-state index contributed by atoms with van der Waals surface area (Å²) in [6, 6.07) is 2.55. The van der Waals surface area contributed by atoms with Crippen LogP contribution in [0.1, 0.15) is 18.9 Å². The first-order valence-electron chi connectivity index (χ1n) is 4.29. The first-order chi connectivity index (χ1) is 6.18. The minimum absolute atomic E-state index is 0.108. The molecule has 0 saturated heterocycles. The van der Waals surface area contributed by atoms with Crippen LogP contribution >= 0.6 is 0 Å². The second kappa shape index (κ2) is 2.96. The van der Waals surface area contributed by atoms with E-state index in [1.54, 1.807) is 0 Å². The van der Waals surface area contributed by atoms with Crippen LogP contribution in [0.3, 0.4) is 0 Å². The first kappa shape index (κ1) is 8.44. The Labute approximate surface area is 75.0 Å². The van der Waals surface area contributed by atoms with E-state index in [-0.39, 0.29) is 17.3 Å². The van der Waals surface area contributed by atoms with Gasteiger partial charge < -0.3 is 9.67 Å². The molecule has 2 atom stereocenters. The molecule has 1 saturated carbocycles. The minimum Gasteiger partial charge on any atom is -0.391 e. The van der Waals surface area contributed by atoms with Crippen molar-refractivity contribution in [3.63, 3.8) is 0 Å². The molecule has 1 aliphatic carbocycles. The lowest BCUT2D eigenvalue weighted by molar-refractivity contribution is 0.0288. The number of hydrogen-bond donors (Lipinski definition) is 2. The standard InChI is InChI=1S/C9H11FN2O/c10-6-1-4-9(11)12(5-6)7-2-3-8(7)13/h1,4-5,7-8,11,13H,2-3H2/t7-,8-/m1/s1. The molecule has 1 heterocycles. The zero-order valence-electron chi connectivity index (χ0n) is 7.07. The molecule has 13 heavy (non-hydrogen) atoms. The highest BCUT2D eigenvalue weighted by Gasteiger charge is 2.30. The second-order valence-corrected chi connectivity index (χ2v) is 3.35. The predicted molar refractivity (Wildman–Crippen MR) is 44.5 cm³/mol. The van der Waals surface area contributed by atoms with Gasteiger partial charge in [-0.25, -0.2) is 4.39 Å². The highest BCUT2D eigenvalue weighted by molar-refractivity contribution is 4.99. The van der Waals surface area contributed by atoms with E-state index in [0.29, 0.717) is 0 Å². The van der Waals surface area contributed by atoms with Crippen molar-refractivity contribution in [2.24, 2.45) is 0 Å². The first-order valence-corrected chi connectivity index (χ1v) is 4.29. The Morgan fingerprint density at radius 1 is 1.46 bits per heavy atom. The van der Waals surface area contributed by atoms with E-state index in [2.05, 4.69) is 0 Å². The van der Waals surface area contributed by atoms with Gasteiger partial charge in [0.15, 0.2) is 0 Å². The van der Waals surface area contributed by atoms with Gasteiger partial charge in [-0.3, -0.25) is 5.41 Å². The summed E-state index contributed by atoms with van der Waals surface area (Å²) in [5.74, 6) is -0.366. The Morgan fingerprint density at radius 2 is 2.23 bits per heavy atom. The van der Waals surface area contributed by atoms with Crippen LogP contribution in [0, 0.1) is 11.2 Å². The van der Waals surface area contributed by atoms with E-state index in [4.69, 9.17) is 5.41 Å². The number of pyridine rings is 1. The van der Waals surface area contributed by atoms with Crippen LogP contribution in [0.5, 0.6) is 0 Å². The van der Waals surface area contributed by atoms with Gasteiger partial charge in [0.05, 0.1) is 12.1 Å². The lowest BCUT2D eigenvalue weighted by Gasteiger charge is -2.34. The van der Waals surface area contributed by atoms with Crippen LogP contribution in [0.4, 0.5) is 4.39 Å². The minimum atomic E-state index is -0.420. The van der Waals surface area contributed by atoms with Gasteiger partial charge in [0.2, 0.25) is 0 Å². The zero-order valence-corrected chi connectivity index (χ0v) is 7.07. The summed E-state index contributed by atoms with van der Waals surface area (Å²) in [6.07, 6.45) is 2.42. The van der Waals surface area contributed by atoms with Crippen molar-refractivity contribution < 1.29 is 9.50 Å². The van der Waals surface area contributed by atoms with Crippen molar-refractivity contribution in [1.29, 1.82) is 5.41 Å². The number of aliphatic hydroxyl groups is 1. The predicted octanol–water partition coefficient (Wildman–Crippen LogP) is 0.802. The van der Waals surface area contributed by atoms with E-state index in [1.807, 2.05) is 0 Å². The molecule has 3 nitrogen and oxygen atoms in total. The van der Waals surface area contributed by atoms with Gasteiger partial charge in [-0.15, -0.1) is 0 Å². The molecule has 1 aromatic rings. The topological polar surface area (TPSA) is 49.0 Å².